The van der Waals surface area contributed by atoms with Crippen LogP contribution in [-0.2, 0) is 10.5 Å². The number of thioether (sulfide) groups is 1. The number of carbonyl (C=O) groups excluding carboxylic acids is 2. The summed E-state index contributed by atoms with van der Waals surface area (Å²) < 4.78 is 21.5. The maximum Gasteiger partial charge on any atom is 0.308 e. The second kappa shape index (κ2) is 7.83. The van der Waals surface area contributed by atoms with E-state index in [9.17, 15) is 18.8 Å². The number of carbonyl (C=O) groups is 2. The number of hydrogen-bond donors (Lipinski definition) is 1. The standard InChI is InChI=1S/C23H18FN3O4S/c1-13(28)31-22-18(29)9-10-26-21(22)23(30)25-12-27(26)20-14-6-4-7-17(24)16(14)11-32-19-8-3-2-5-15(19)20/h2-10,20H,11-12H2,1H3,(H,25,30). The van der Waals surface area contributed by atoms with Crippen molar-refractivity contribution in [2.75, 3.05) is 11.7 Å². The van der Waals surface area contributed by atoms with E-state index in [1.807, 2.05) is 35.3 Å². The minimum Gasteiger partial charge on any atom is -0.420 e. The number of benzene rings is 2. The van der Waals surface area contributed by atoms with Crippen LogP contribution in [0.5, 0.6) is 5.75 Å². The van der Waals surface area contributed by atoms with Crippen LogP contribution in [0.2, 0.25) is 0 Å². The van der Waals surface area contributed by atoms with Crippen LogP contribution in [0.4, 0.5) is 4.39 Å². The third-order valence-electron chi connectivity index (χ3n) is 5.51. The van der Waals surface area contributed by atoms with E-state index < -0.39 is 23.3 Å². The molecule has 9 heteroatoms. The Labute approximate surface area is 186 Å². The van der Waals surface area contributed by atoms with Crippen molar-refractivity contribution in [1.29, 1.82) is 0 Å². The molecule has 162 valence electrons. The summed E-state index contributed by atoms with van der Waals surface area (Å²) in [7, 11) is 0. The van der Waals surface area contributed by atoms with E-state index in [4.69, 9.17) is 4.74 Å². The number of ether oxygens (including phenoxy) is 1. The monoisotopic (exact) mass is 451 g/mol. The predicted molar refractivity (Wildman–Crippen MR) is 117 cm³/mol. The third kappa shape index (κ3) is 3.25. The molecular weight excluding hydrogens is 433 g/mol. The zero-order valence-corrected chi connectivity index (χ0v) is 17.8. The van der Waals surface area contributed by atoms with Crippen molar-refractivity contribution in [2.45, 2.75) is 23.6 Å². The van der Waals surface area contributed by atoms with Gasteiger partial charge in [-0.25, -0.2) is 4.39 Å². The highest BCUT2D eigenvalue weighted by atomic mass is 32.2. The van der Waals surface area contributed by atoms with Crippen molar-refractivity contribution in [3.8, 4) is 5.75 Å². The Hall–Kier alpha value is -3.59. The number of amides is 1. The predicted octanol–water partition coefficient (Wildman–Crippen LogP) is 2.95. The lowest BCUT2D eigenvalue weighted by Crippen LogP contribution is -2.54. The number of fused-ring (bicyclic) bond motifs is 3. The number of aromatic nitrogens is 1. The molecule has 5 rings (SSSR count). The fourth-order valence-corrected chi connectivity index (χ4v) is 5.29. The summed E-state index contributed by atoms with van der Waals surface area (Å²) in [6.07, 6.45) is 1.48. The summed E-state index contributed by atoms with van der Waals surface area (Å²) in [4.78, 5) is 37.7. The van der Waals surface area contributed by atoms with E-state index in [0.717, 1.165) is 16.0 Å². The van der Waals surface area contributed by atoms with Crippen molar-refractivity contribution < 1.29 is 18.7 Å². The fraction of sp³-hybridized carbons (Fsp3) is 0.174. The van der Waals surface area contributed by atoms with Crippen LogP contribution in [0.3, 0.4) is 0 Å². The normalized spacial score (nSPS) is 16.9. The zero-order chi connectivity index (χ0) is 22.4. The molecule has 2 aliphatic rings. The number of esters is 1. The van der Waals surface area contributed by atoms with Crippen molar-refractivity contribution in [2.24, 2.45) is 0 Å². The molecular formula is C23H18FN3O4S. The van der Waals surface area contributed by atoms with Crippen molar-refractivity contribution in [3.05, 3.63) is 93.2 Å². The first kappa shape index (κ1) is 20.3. The Morgan fingerprint density at radius 3 is 2.72 bits per heavy atom. The number of nitrogens with one attached hydrogen (secondary N) is 1. The minimum absolute atomic E-state index is 0.0775. The number of rotatable bonds is 2. The summed E-state index contributed by atoms with van der Waals surface area (Å²) in [5.41, 5.74) is 1.63. The van der Waals surface area contributed by atoms with Gasteiger partial charge in [0.2, 0.25) is 11.2 Å². The molecule has 1 N–H and O–H groups in total. The van der Waals surface area contributed by atoms with Crippen LogP contribution in [0, 0.1) is 5.82 Å². The van der Waals surface area contributed by atoms with Crippen LogP contribution < -0.4 is 20.5 Å². The van der Waals surface area contributed by atoms with Gasteiger partial charge in [0.25, 0.3) is 5.91 Å². The Morgan fingerprint density at radius 1 is 1.12 bits per heavy atom. The van der Waals surface area contributed by atoms with Gasteiger partial charge in [0.1, 0.15) is 12.5 Å². The van der Waals surface area contributed by atoms with Crippen LogP contribution in [0.1, 0.15) is 40.1 Å². The van der Waals surface area contributed by atoms with Crippen LogP contribution >= 0.6 is 11.8 Å². The summed E-state index contributed by atoms with van der Waals surface area (Å²) >= 11 is 1.55. The van der Waals surface area contributed by atoms with Gasteiger partial charge in [-0.05, 0) is 23.3 Å². The van der Waals surface area contributed by atoms with Gasteiger partial charge >= 0.3 is 5.97 Å². The molecule has 0 radical (unpaired) electrons. The Morgan fingerprint density at radius 2 is 1.91 bits per heavy atom. The van der Waals surface area contributed by atoms with Gasteiger partial charge in [0, 0.05) is 35.4 Å². The lowest BCUT2D eigenvalue weighted by Gasteiger charge is -2.40. The maximum atomic E-state index is 14.8. The van der Waals surface area contributed by atoms with Gasteiger partial charge in [0.15, 0.2) is 5.69 Å². The SMILES string of the molecule is CC(=O)Oc1c2n(ccc1=O)N(C1c3ccccc3SCc3c(F)cccc31)CNC2=O. The lowest BCUT2D eigenvalue weighted by molar-refractivity contribution is -0.132. The van der Waals surface area contributed by atoms with E-state index in [-0.39, 0.29) is 23.9 Å². The molecule has 7 nitrogen and oxygen atoms in total. The second-order valence-corrected chi connectivity index (χ2v) is 8.45. The van der Waals surface area contributed by atoms with Crippen molar-refractivity contribution >= 4 is 23.6 Å². The van der Waals surface area contributed by atoms with Gasteiger partial charge in [0.05, 0.1) is 6.04 Å². The highest BCUT2D eigenvalue weighted by molar-refractivity contribution is 7.98. The first-order valence-corrected chi connectivity index (χ1v) is 10.9. The maximum absolute atomic E-state index is 14.8. The van der Waals surface area contributed by atoms with Gasteiger partial charge in [-0.1, -0.05) is 30.3 Å². The summed E-state index contributed by atoms with van der Waals surface area (Å²) in [6.45, 7) is 1.27. The van der Waals surface area contributed by atoms with Gasteiger partial charge in [-0.15, -0.1) is 11.8 Å². The molecule has 2 aromatic carbocycles. The molecule has 3 heterocycles. The smallest absolute Gasteiger partial charge is 0.308 e. The van der Waals surface area contributed by atoms with Crippen molar-refractivity contribution in [3.63, 3.8) is 0 Å². The van der Waals surface area contributed by atoms with Gasteiger partial charge < -0.3 is 10.1 Å². The van der Waals surface area contributed by atoms with Crippen LogP contribution in [0.25, 0.3) is 0 Å². The Bertz CT molecular complexity index is 1320. The molecule has 3 aromatic rings. The fourth-order valence-electron chi connectivity index (χ4n) is 4.16. The summed E-state index contributed by atoms with van der Waals surface area (Å²) in [5.74, 6) is -1.41. The highest BCUT2D eigenvalue weighted by Crippen LogP contribution is 2.43. The average molecular weight is 451 g/mol. The van der Waals surface area contributed by atoms with E-state index in [1.54, 1.807) is 17.8 Å². The minimum atomic E-state index is -0.704. The zero-order valence-electron chi connectivity index (χ0n) is 17.0. The molecule has 1 atom stereocenters. The van der Waals surface area contributed by atoms with Crippen LogP contribution in [-0.4, -0.2) is 23.2 Å². The first-order chi connectivity index (χ1) is 15.5. The molecule has 1 amide bonds. The van der Waals surface area contributed by atoms with E-state index in [1.165, 1.54) is 29.9 Å². The molecule has 0 saturated carbocycles. The number of nitrogens with zero attached hydrogens (tertiary/aromatic N) is 2. The third-order valence-corrected chi connectivity index (χ3v) is 6.62. The Balaban J connectivity index is 1.76. The molecule has 0 fully saturated rings. The molecule has 1 aromatic heterocycles. The second-order valence-electron chi connectivity index (χ2n) is 7.44. The molecule has 32 heavy (non-hydrogen) atoms. The number of pyridine rings is 1. The molecule has 1 unspecified atom stereocenters. The average Bonchev–Trinajstić information content (AvgIpc) is 2.93. The van der Waals surface area contributed by atoms with Gasteiger partial charge in [-0.3, -0.25) is 24.1 Å². The summed E-state index contributed by atoms with van der Waals surface area (Å²) in [6, 6.07) is 13.6. The topological polar surface area (TPSA) is 80.6 Å². The van der Waals surface area contributed by atoms with E-state index >= 15 is 0 Å². The largest absolute Gasteiger partial charge is 0.420 e. The van der Waals surface area contributed by atoms with E-state index in [2.05, 4.69) is 5.32 Å². The molecule has 0 spiro atoms. The first-order valence-electron chi connectivity index (χ1n) is 9.94. The summed E-state index contributed by atoms with van der Waals surface area (Å²) in [5, 5.41) is 4.58. The van der Waals surface area contributed by atoms with Crippen molar-refractivity contribution in [1.82, 2.24) is 9.99 Å². The highest BCUT2D eigenvalue weighted by Gasteiger charge is 2.36. The quantitative estimate of drug-likeness (QED) is 0.604. The number of hydrogen-bond acceptors (Lipinski definition) is 6. The van der Waals surface area contributed by atoms with Crippen LogP contribution in [0.15, 0.2) is 64.4 Å². The molecule has 0 aliphatic carbocycles. The lowest BCUT2D eigenvalue weighted by atomic mass is 9.94. The number of halogens is 1. The Kier molecular flexibility index (Phi) is 4.97. The molecule has 2 aliphatic heterocycles. The molecule has 0 bridgehead atoms. The van der Waals surface area contributed by atoms with Gasteiger partial charge in [-0.2, -0.15) is 0 Å². The molecule has 0 saturated heterocycles. The van der Waals surface area contributed by atoms with E-state index in [0.29, 0.717) is 11.3 Å².